The van der Waals surface area contributed by atoms with Gasteiger partial charge in [0.2, 0.25) is 0 Å². The minimum absolute atomic E-state index is 0.662. The molecule has 0 atom stereocenters. The molecule has 0 spiro atoms. The highest BCUT2D eigenvalue weighted by molar-refractivity contribution is 9.10. The second-order valence-corrected chi connectivity index (χ2v) is 8.61. The molecule has 0 unspecified atom stereocenters. The fraction of sp³-hybridized carbons (Fsp3) is 0.250. The highest BCUT2D eigenvalue weighted by Crippen LogP contribution is 2.32. The molecule has 0 amide bonds. The van der Waals surface area contributed by atoms with E-state index in [0.717, 1.165) is 45.2 Å². The molecule has 0 aliphatic heterocycles. The molecule has 5 nitrogen and oxygen atoms in total. The highest BCUT2D eigenvalue weighted by Gasteiger charge is 2.21. The number of aryl methyl sites for hydroxylation is 2. The SMILES string of the molecule is Cc1cc(Nc2c3c(nc4nc(-c5cccs5)nn24)CCCC3)ccc1Br. The molecule has 0 fully saturated rings. The van der Waals surface area contributed by atoms with E-state index in [1.54, 1.807) is 11.3 Å². The summed E-state index contributed by atoms with van der Waals surface area (Å²) < 4.78 is 2.98. The standard InChI is InChI=1S/C20H18BrN5S/c1-12-11-13(8-9-15(12)21)22-19-14-5-2-3-6-16(14)23-20-24-18(25-26(19)20)17-7-4-10-27-17/h4,7-11,22H,2-3,5-6H2,1H3. The van der Waals surface area contributed by atoms with Gasteiger partial charge in [0, 0.05) is 15.7 Å². The van der Waals surface area contributed by atoms with Gasteiger partial charge < -0.3 is 5.32 Å². The number of thiophene rings is 1. The van der Waals surface area contributed by atoms with Crippen LogP contribution in [0, 0.1) is 6.92 Å². The molecule has 0 saturated heterocycles. The average Bonchev–Trinajstić information content (AvgIpc) is 3.34. The molecule has 27 heavy (non-hydrogen) atoms. The minimum atomic E-state index is 0.662. The fourth-order valence-corrected chi connectivity index (χ4v) is 4.44. The maximum Gasteiger partial charge on any atom is 0.254 e. The van der Waals surface area contributed by atoms with Crippen molar-refractivity contribution in [1.29, 1.82) is 0 Å². The summed E-state index contributed by atoms with van der Waals surface area (Å²) in [6.07, 6.45) is 4.38. The Bertz CT molecular complexity index is 1130. The second kappa shape index (κ2) is 6.73. The van der Waals surface area contributed by atoms with Crippen LogP contribution in [0.4, 0.5) is 11.5 Å². The van der Waals surface area contributed by atoms with Crippen molar-refractivity contribution in [2.45, 2.75) is 32.6 Å². The number of nitrogens with zero attached hydrogens (tertiary/aromatic N) is 4. The Morgan fingerprint density at radius 3 is 2.85 bits per heavy atom. The van der Waals surface area contributed by atoms with Crippen LogP contribution in [-0.2, 0) is 12.8 Å². The summed E-state index contributed by atoms with van der Waals surface area (Å²) in [4.78, 5) is 10.6. The van der Waals surface area contributed by atoms with Crippen LogP contribution in [0.5, 0.6) is 0 Å². The lowest BCUT2D eigenvalue weighted by molar-refractivity contribution is 0.662. The van der Waals surface area contributed by atoms with Crippen LogP contribution in [0.3, 0.4) is 0 Å². The molecule has 7 heteroatoms. The van der Waals surface area contributed by atoms with E-state index in [2.05, 4.69) is 46.4 Å². The van der Waals surface area contributed by atoms with Crippen LogP contribution in [0.1, 0.15) is 29.7 Å². The fourth-order valence-electron chi connectivity index (χ4n) is 3.54. The second-order valence-electron chi connectivity index (χ2n) is 6.81. The van der Waals surface area contributed by atoms with Gasteiger partial charge in [-0.3, -0.25) is 0 Å². The average molecular weight is 440 g/mol. The largest absolute Gasteiger partial charge is 0.340 e. The molecule has 4 aromatic rings. The van der Waals surface area contributed by atoms with Crippen molar-refractivity contribution in [2.75, 3.05) is 5.32 Å². The molecule has 3 aromatic heterocycles. The maximum absolute atomic E-state index is 4.83. The number of hydrogen-bond donors (Lipinski definition) is 1. The monoisotopic (exact) mass is 439 g/mol. The van der Waals surface area contributed by atoms with Gasteiger partial charge in [-0.15, -0.1) is 16.4 Å². The van der Waals surface area contributed by atoms with Gasteiger partial charge in [0.05, 0.1) is 10.6 Å². The topological polar surface area (TPSA) is 55.1 Å². The van der Waals surface area contributed by atoms with Crippen LogP contribution in [0.25, 0.3) is 16.5 Å². The van der Waals surface area contributed by atoms with Crippen molar-refractivity contribution in [3.8, 4) is 10.7 Å². The number of halogens is 1. The maximum atomic E-state index is 4.83. The molecular formula is C20H18BrN5S. The smallest absolute Gasteiger partial charge is 0.254 e. The zero-order valence-corrected chi connectivity index (χ0v) is 17.3. The van der Waals surface area contributed by atoms with Crippen molar-refractivity contribution in [3.63, 3.8) is 0 Å². The molecule has 1 aliphatic rings. The molecule has 5 rings (SSSR count). The summed E-state index contributed by atoms with van der Waals surface area (Å²) in [7, 11) is 0. The van der Waals surface area contributed by atoms with E-state index in [1.807, 2.05) is 22.0 Å². The number of aromatic nitrogens is 4. The van der Waals surface area contributed by atoms with Gasteiger partial charge in [0.15, 0.2) is 5.82 Å². The first-order chi connectivity index (χ1) is 13.2. The molecule has 1 aromatic carbocycles. The van der Waals surface area contributed by atoms with Gasteiger partial charge in [0.1, 0.15) is 5.82 Å². The molecule has 3 heterocycles. The van der Waals surface area contributed by atoms with Crippen LogP contribution in [0.2, 0.25) is 0 Å². The predicted molar refractivity (Wildman–Crippen MR) is 113 cm³/mol. The highest BCUT2D eigenvalue weighted by atomic mass is 79.9. The summed E-state index contributed by atoms with van der Waals surface area (Å²) in [5, 5.41) is 10.4. The summed E-state index contributed by atoms with van der Waals surface area (Å²) in [6.45, 7) is 2.09. The number of fused-ring (bicyclic) bond motifs is 2. The summed E-state index contributed by atoms with van der Waals surface area (Å²) in [5.74, 6) is 2.39. The molecule has 0 radical (unpaired) electrons. The van der Waals surface area contributed by atoms with Gasteiger partial charge in [-0.25, -0.2) is 4.98 Å². The van der Waals surface area contributed by atoms with Crippen LogP contribution < -0.4 is 5.32 Å². The van der Waals surface area contributed by atoms with Gasteiger partial charge in [-0.2, -0.15) is 9.50 Å². The summed E-state index contributed by atoms with van der Waals surface area (Å²) >= 11 is 5.22. The third kappa shape index (κ3) is 3.04. The van der Waals surface area contributed by atoms with Crippen molar-refractivity contribution < 1.29 is 0 Å². The zero-order chi connectivity index (χ0) is 18.4. The molecule has 1 N–H and O–H groups in total. The van der Waals surface area contributed by atoms with Crippen molar-refractivity contribution >= 4 is 44.5 Å². The first kappa shape index (κ1) is 16.9. The summed E-state index contributed by atoms with van der Waals surface area (Å²) in [5.41, 5.74) is 4.65. The Labute approximate surface area is 169 Å². The van der Waals surface area contributed by atoms with Crippen molar-refractivity contribution in [2.24, 2.45) is 0 Å². The molecule has 136 valence electrons. The Kier molecular flexibility index (Phi) is 4.21. The number of benzene rings is 1. The number of rotatable bonds is 3. The Morgan fingerprint density at radius 2 is 2.04 bits per heavy atom. The lowest BCUT2D eigenvalue weighted by atomic mass is 9.96. The van der Waals surface area contributed by atoms with Crippen LogP contribution >= 0.6 is 27.3 Å². The quantitative estimate of drug-likeness (QED) is 0.454. The van der Waals surface area contributed by atoms with E-state index in [1.165, 1.54) is 24.0 Å². The van der Waals surface area contributed by atoms with E-state index >= 15 is 0 Å². The van der Waals surface area contributed by atoms with Crippen LogP contribution in [0.15, 0.2) is 40.2 Å². The van der Waals surface area contributed by atoms with E-state index in [4.69, 9.17) is 15.1 Å². The summed E-state index contributed by atoms with van der Waals surface area (Å²) in [6, 6.07) is 10.4. The van der Waals surface area contributed by atoms with Gasteiger partial charge in [0.25, 0.3) is 5.78 Å². The predicted octanol–water partition coefficient (Wildman–Crippen LogP) is 5.55. The normalized spacial score (nSPS) is 13.7. The Balaban J connectivity index is 1.68. The van der Waals surface area contributed by atoms with E-state index in [0.29, 0.717) is 5.78 Å². The lowest BCUT2D eigenvalue weighted by Gasteiger charge is -2.20. The Hall–Kier alpha value is -2.25. The molecule has 1 aliphatic carbocycles. The van der Waals surface area contributed by atoms with E-state index in [-0.39, 0.29) is 0 Å². The van der Waals surface area contributed by atoms with Gasteiger partial charge in [-0.1, -0.05) is 22.0 Å². The minimum Gasteiger partial charge on any atom is -0.340 e. The third-order valence-electron chi connectivity index (χ3n) is 4.92. The number of hydrogen-bond acceptors (Lipinski definition) is 5. The number of nitrogens with one attached hydrogen (secondary N) is 1. The third-order valence-corrected chi connectivity index (χ3v) is 6.68. The van der Waals surface area contributed by atoms with Crippen LogP contribution in [-0.4, -0.2) is 19.6 Å². The zero-order valence-electron chi connectivity index (χ0n) is 14.9. The first-order valence-electron chi connectivity index (χ1n) is 9.04. The Morgan fingerprint density at radius 1 is 1.15 bits per heavy atom. The van der Waals surface area contributed by atoms with E-state index < -0.39 is 0 Å². The first-order valence-corrected chi connectivity index (χ1v) is 10.7. The van der Waals surface area contributed by atoms with Crippen molar-refractivity contribution in [1.82, 2.24) is 19.6 Å². The number of anilines is 2. The molecule has 0 bridgehead atoms. The van der Waals surface area contributed by atoms with Gasteiger partial charge >= 0.3 is 0 Å². The van der Waals surface area contributed by atoms with Gasteiger partial charge in [-0.05, 0) is 67.8 Å². The van der Waals surface area contributed by atoms with Crippen molar-refractivity contribution in [3.05, 3.63) is 57.0 Å². The van der Waals surface area contributed by atoms with E-state index in [9.17, 15) is 0 Å². The lowest BCUT2D eigenvalue weighted by Crippen LogP contribution is -2.13. The molecular weight excluding hydrogens is 422 g/mol. The molecule has 0 saturated carbocycles.